The van der Waals surface area contributed by atoms with Gasteiger partial charge < -0.3 is 14.8 Å². The fourth-order valence-electron chi connectivity index (χ4n) is 2.58. The predicted octanol–water partition coefficient (Wildman–Crippen LogP) is 3.52. The Morgan fingerprint density at radius 3 is 2.50 bits per heavy atom. The summed E-state index contributed by atoms with van der Waals surface area (Å²) in [7, 11) is 0. The molecule has 0 spiro atoms. The highest BCUT2D eigenvalue weighted by Gasteiger charge is 2.13. The molecule has 0 heterocycles. The highest BCUT2D eigenvalue weighted by atomic mass is 16.5. The normalized spacial score (nSPS) is 16.2. The lowest BCUT2D eigenvalue weighted by Gasteiger charge is -2.21. The smallest absolute Gasteiger partial charge is 0.119 e. The fraction of sp³-hybridized carbons (Fsp3) is 0.647. The van der Waals surface area contributed by atoms with Crippen LogP contribution in [0.3, 0.4) is 0 Å². The maximum Gasteiger partial charge on any atom is 0.119 e. The van der Waals surface area contributed by atoms with Gasteiger partial charge in [-0.15, -0.1) is 0 Å². The summed E-state index contributed by atoms with van der Waals surface area (Å²) in [5, 5.41) is 3.31. The number of nitrogens with one attached hydrogen (secondary N) is 1. The summed E-state index contributed by atoms with van der Waals surface area (Å²) in [6.45, 7) is 5.37. The standard InChI is InChI=1S/C17H27NO2/c1-2-18-14-15-8-10-17(11-9-15)20-13-12-19-16-6-4-3-5-7-16/h8-11,16,18H,2-7,12-14H2,1H3. The molecule has 1 saturated carbocycles. The first-order chi connectivity index (χ1) is 9.88. The van der Waals surface area contributed by atoms with E-state index in [1.54, 1.807) is 0 Å². The van der Waals surface area contributed by atoms with E-state index in [4.69, 9.17) is 9.47 Å². The zero-order chi connectivity index (χ0) is 14.0. The summed E-state index contributed by atoms with van der Waals surface area (Å²) >= 11 is 0. The van der Waals surface area contributed by atoms with E-state index in [9.17, 15) is 0 Å². The second kappa shape index (κ2) is 8.98. The zero-order valence-corrected chi connectivity index (χ0v) is 12.6. The van der Waals surface area contributed by atoms with Gasteiger partial charge in [0.15, 0.2) is 0 Å². The highest BCUT2D eigenvalue weighted by Crippen LogP contribution is 2.20. The molecule has 3 nitrogen and oxygen atoms in total. The van der Waals surface area contributed by atoms with Gasteiger partial charge in [0.1, 0.15) is 12.4 Å². The average molecular weight is 277 g/mol. The minimum absolute atomic E-state index is 0.467. The third-order valence-corrected chi connectivity index (χ3v) is 3.76. The van der Waals surface area contributed by atoms with Gasteiger partial charge in [-0.2, -0.15) is 0 Å². The van der Waals surface area contributed by atoms with Crippen LogP contribution in [-0.2, 0) is 11.3 Å². The van der Waals surface area contributed by atoms with Crippen LogP contribution in [0, 0.1) is 0 Å². The van der Waals surface area contributed by atoms with Crippen LogP contribution in [0.5, 0.6) is 5.75 Å². The van der Waals surface area contributed by atoms with Crippen molar-refractivity contribution in [1.29, 1.82) is 0 Å². The van der Waals surface area contributed by atoms with E-state index < -0.39 is 0 Å². The molecule has 1 aromatic carbocycles. The molecule has 20 heavy (non-hydrogen) atoms. The van der Waals surface area contributed by atoms with Crippen molar-refractivity contribution in [3.63, 3.8) is 0 Å². The van der Waals surface area contributed by atoms with Crippen LogP contribution in [-0.4, -0.2) is 25.9 Å². The minimum Gasteiger partial charge on any atom is -0.491 e. The van der Waals surface area contributed by atoms with Crippen molar-refractivity contribution in [3.8, 4) is 5.75 Å². The summed E-state index contributed by atoms with van der Waals surface area (Å²) in [5.74, 6) is 0.928. The lowest BCUT2D eigenvalue weighted by molar-refractivity contribution is 0.0129. The lowest BCUT2D eigenvalue weighted by atomic mass is 9.98. The van der Waals surface area contributed by atoms with Gasteiger partial charge in [-0.05, 0) is 37.1 Å². The van der Waals surface area contributed by atoms with E-state index in [0.717, 1.165) is 18.8 Å². The van der Waals surface area contributed by atoms with Gasteiger partial charge in [0.05, 0.1) is 12.7 Å². The summed E-state index contributed by atoms with van der Waals surface area (Å²) in [6, 6.07) is 8.29. The van der Waals surface area contributed by atoms with E-state index in [-0.39, 0.29) is 0 Å². The molecule has 1 aliphatic rings. The fourth-order valence-corrected chi connectivity index (χ4v) is 2.58. The molecular weight excluding hydrogens is 250 g/mol. The molecule has 112 valence electrons. The Labute approximate surface area is 122 Å². The molecule has 0 aromatic heterocycles. The summed E-state index contributed by atoms with van der Waals surface area (Å²) in [6.07, 6.45) is 6.92. The summed E-state index contributed by atoms with van der Waals surface area (Å²) < 4.78 is 11.6. The van der Waals surface area contributed by atoms with Gasteiger partial charge >= 0.3 is 0 Å². The summed E-state index contributed by atoms with van der Waals surface area (Å²) in [4.78, 5) is 0. The SMILES string of the molecule is CCNCc1ccc(OCCOC2CCCCC2)cc1. The van der Waals surface area contributed by atoms with E-state index in [1.807, 2.05) is 12.1 Å². The van der Waals surface area contributed by atoms with E-state index in [0.29, 0.717) is 19.3 Å². The van der Waals surface area contributed by atoms with Crippen molar-refractivity contribution in [3.05, 3.63) is 29.8 Å². The lowest BCUT2D eigenvalue weighted by Crippen LogP contribution is -2.19. The number of rotatable bonds is 8. The number of hydrogen-bond acceptors (Lipinski definition) is 3. The van der Waals surface area contributed by atoms with Crippen molar-refractivity contribution < 1.29 is 9.47 Å². The molecular formula is C17H27NO2. The first-order valence-corrected chi connectivity index (χ1v) is 7.92. The molecule has 3 heteroatoms. The maximum atomic E-state index is 5.85. The molecule has 2 rings (SSSR count). The van der Waals surface area contributed by atoms with Crippen LogP contribution in [0.1, 0.15) is 44.6 Å². The molecule has 0 amide bonds. The monoisotopic (exact) mass is 277 g/mol. The Hall–Kier alpha value is -1.06. The first kappa shape index (κ1) is 15.3. The van der Waals surface area contributed by atoms with E-state index in [2.05, 4.69) is 24.4 Å². The van der Waals surface area contributed by atoms with Crippen LogP contribution < -0.4 is 10.1 Å². The zero-order valence-electron chi connectivity index (χ0n) is 12.6. The topological polar surface area (TPSA) is 30.5 Å². The van der Waals surface area contributed by atoms with Gasteiger partial charge in [0, 0.05) is 6.54 Å². The third kappa shape index (κ3) is 5.51. The Morgan fingerprint density at radius 2 is 1.80 bits per heavy atom. The number of hydrogen-bond donors (Lipinski definition) is 1. The van der Waals surface area contributed by atoms with Crippen molar-refractivity contribution >= 4 is 0 Å². The Morgan fingerprint density at radius 1 is 1.05 bits per heavy atom. The second-order valence-electron chi connectivity index (χ2n) is 5.40. The largest absolute Gasteiger partial charge is 0.491 e. The molecule has 0 radical (unpaired) electrons. The maximum absolute atomic E-state index is 5.85. The van der Waals surface area contributed by atoms with Crippen molar-refractivity contribution in [2.24, 2.45) is 0 Å². The van der Waals surface area contributed by atoms with E-state index >= 15 is 0 Å². The van der Waals surface area contributed by atoms with Crippen LogP contribution in [0.2, 0.25) is 0 Å². The van der Waals surface area contributed by atoms with Crippen molar-refractivity contribution in [2.45, 2.75) is 51.7 Å². The second-order valence-corrected chi connectivity index (χ2v) is 5.40. The predicted molar refractivity (Wildman–Crippen MR) is 82.1 cm³/mol. The third-order valence-electron chi connectivity index (χ3n) is 3.76. The first-order valence-electron chi connectivity index (χ1n) is 7.92. The Bertz CT molecular complexity index is 358. The number of benzene rings is 1. The van der Waals surface area contributed by atoms with Gasteiger partial charge in [-0.25, -0.2) is 0 Å². The Kier molecular flexibility index (Phi) is 6.89. The number of ether oxygens (including phenoxy) is 2. The molecule has 1 fully saturated rings. The minimum atomic E-state index is 0.467. The van der Waals surface area contributed by atoms with E-state index in [1.165, 1.54) is 37.7 Å². The molecule has 0 unspecified atom stereocenters. The molecule has 0 atom stereocenters. The van der Waals surface area contributed by atoms with Crippen molar-refractivity contribution in [1.82, 2.24) is 5.32 Å². The van der Waals surface area contributed by atoms with Crippen LogP contribution >= 0.6 is 0 Å². The van der Waals surface area contributed by atoms with Gasteiger partial charge in [0.2, 0.25) is 0 Å². The molecule has 0 aliphatic heterocycles. The van der Waals surface area contributed by atoms with Crippen LogP contribution in [0.15, 0.2) is 24.3 Å². The Balaban J connectivity index is 1.61. The highest BCUT2D eigenvalue weighted by molar-refractivity contribution is 5.27. The molecule has 0 saturated heterocycles. The molecule has 1 aliphatic carbocycles. The average Bonchev–Trinajstić information content (AvgIpc) is 2.52. The quantitative estimate of drug-likeness (QED) is 0.737. The molecule has 1 aromatic rings. The van der Waals surface area contributed by atoms with Gasteiger partial charge in [-0.1, -0.05) is 38.3 Å². The van der Waals surface area contributed by atoms with Crippen LogP contribution in [0.4, 0.5) is 0 Å². The van der Waals surface area contributed by atoms with Crippen molar-refractivity contribution in [2.75, 3.05) is 19.8 Å². The molecule has 0 bridgehead atoms. The summed E-state index contributed by atoms with van der Waals surface area (Å²) in [5.41, 5.74) is 1.29. The molecule has 1 N–H and O–H groups in total. The van der Waals surface area contributed by atoms with Crippen LogP contribution in [0.25, 0.3) is 0 Å². The van der Waals surface area contributed by atoms with Gasteiger partial charge in [-0.3, -0.25) is 0 Å². The van der Waals surface area contributed by atoms with Gasteiger partial charge in [0.25, 0.3) is 0 Å².